The molecule has 4 aliphatic carbocycles. The molecule has 2 spiro atoms. The van der Waals surface area contributed by atoms with Crippen LogP contribution in [0, 0.1) is 28.6 Å². The highest BCUT2D eigenvalue weighted by Gasteiger charge is 2.73. The molecular weight excluding hydrogens is 368 g/mol. The number of hydrogen-bond donors (Lipinski definition) is 0. The van der Waals surface area contributed by atoms with Gasteiger partial charge in [0.05, 0.1) is 0 Å². The van der Waals surface area contributed by atoms with Crippen molar-refractivity contribution in [2.24, 2.45) is 28.6 Å². The molecule has 0 amide bonds. The molecule has 0 unspecified atom stereocenters. The van der Waals surface area contributed by atoms with E-state index in [-0.39, 0.29) is 34.4 Å². The minimum absolute atomic E-state index is 0.0736. The van der Waals surface area contributed by atoms with Crippen LogP contribution in [0.1, 0.15) is 79.1 Å². The number of hydrogen-bond acceptors (Lipinski definition) is 5. The van der Waals surface area contributed by atoms with E-state index in [0.29, 0.717) is 18.3 Å². The van der Waals surface area contributed by atoms with Crippen molar-refractivity contribution in [3.63, 3.8) is 0 Å². The number of aldehydes is 1. The summed E-state index contributed by atoms with van der Waals surface area (Å²) >= 11 is 0. The van der Waals surface area contributed by atoms with Crippen LogP contribution in [0.25, 0.3) is 0 Å². The van der Waals surface area contributed by atoms with Crippen molar-refractivity contribution in [1.82, 2.24) is 0 Å². The van der Waals surface area contributed by atoms with E-state index in [2.05, 4.69) is 26.8 Å². The Hall–Kier alpha value is -1.20. The summed E-state index contributed by atoms with van der Waals surface area (Å²) in [5, 5.41) is 0. The maximum Gasteiger partial charge on any atom is 0.302 e. The monoisotopic (exact) mass is 402 g/mol. The Morgan fingerprint density at radius 3 is 2.66 bits per heavy atom. The van der Waals surface area contributed by atoms with Crippen LogP contribution in [0.15, 0.2) is 11.6 Å². The standard InChI is InChI=1S/C24H34O5/c1-15(14-25)18-5-6-19-21(18,3)9-8-20-22(4)10-7-17(27-16(2)26)13-23(22)11-12-24(19,20)29-28-23/h8,14-15,17-19H,5-7,9-13H2,1-4H3/t15-,17-,18-,19-,21-,22-,23-,24+/m1/s1. The molecule has 160 valence electrons. The first-order chi connectivity index (χ1) is 13.7. The lowest BCUT2D eigenvalue weighted by Crippen LogP contribution is -2.71. The van der Waals surface area contributed by atoms with E-state index in [4.69, 9.17) is 14.5 Å². The molecule has 0 aromatic carbocycles. The van der Waals surface area contributed by atoms with E-state index in [1.54, 1.807) is 0 Å². The number of esters is 1. The van der Waals surface area contributed by atoms with Crippen LogP contribution in [-0.2, 0) is 24.1 Å². The second kappa shape index (κ2) is 6.16. The topological polar surface area (TPSA) is 61.8 Å². The molecule has 0 aromatic rings. The second-order valence-electron chi connectivity index (χ2n) is 10.9. The van der Waals surface area contributed by atoms with Crippen LogP contribution in [0.4, 0.5) is 0 Å². The van der Waals surface area contributed by atoms with Gasteiger partial charge in [0.1, 0.15) is 23.6 Å². The molecular formula is C24H34O5. The number of ether oxygens (including phenoxy) is 1. The summed E-state index contributed by atoms with van der Waals surface area (Å²) in [5.41, 5.74) is 0.687. The molecule has 8 atom stereocenters. The van der Waals surface area contributed by atoms with Crippen LogP contribution >= 0.6 is 0 Å². The van der Waals surface area contributed by atoms with Crippen molar-refractivity contribution >= 4 is 12.3 Å². The van der Waals surface area contributed by atoms with Gasteiger partial charge in [-0.1, -0.05) is 26.8 Å². The van der Waals surface area contributed by atoms with Crippen molar-refractivity contribution in [1.29, 1.82) is 0 Å². The lowest BCUT2D eigenvalue weighted by atomic mass is 9.44. The number of fused-ring (bicyclic) bond motifs is 3. The smallest absolute Gasteiger partial charge is 0.302 e. The summed E-state index contributed by atoms with van der Waals surface area (Å²) in [4.78, 5) is 35.8. The van der Waals surface area contributed by atoms with E-state index in [1.807, 2.05) is 0 Å². The van der Waals surface area contributed by atoms with Crippen LogP contribution < -0.4 is 0 Å². The molecule has 29 heavy (non-hydrogen) atoms. The molecule has 5 fully saturated rings. The average molecular weight is 403 g/mol. The summed E-state index contributed by atoms with van der Waals surface area (Å²) in [6.07, 6.45) is 11.1. The minimum atomic E-state index is -0.402. The molecule has 5 heteroatoms. The Balaban J connectivity index is 1.52. The molecule has 0 aromatic heterocycles. The van der Waals surface area contributed by atoms with Gasteiger partial charge in [0.15, 0.2) is 0 Å². The zero-order chi connectivity index (χ0) is 20.7. The number of rotatable bonds is 3. The van der Waals surface area contributed by atoms with Gasteiger partial charge < -0.3 is 9.53 Å². The van der Waals surface area contributed by atoms with Gasteiger partial charge in [-0.15, -0.1) is 0 Å². The second-order valence-corrected chi connectivity index (χ2v) is 10.9. The summed E-state index contributed by atoms with van der Waals surface area (Å²) in [7, 11) is 0. The largest absolute Gasteiger partial charge is 0.462 e. The maximum atomic E-state index is 11.6. The third-order valence-electron chi connectivity index (χ3n) is 9.73. The summed E-state index contributed by atoms with van der Waals surface area (Å²) in [6, 6.07) is 0. The fourth-order valence-electron chi connectivity index (χ4n) is 8.29. The fourth-order valence-corrected chi connectivity index (χ4v) is 8.29. The lowest BCUT2D eigenvalue weighted by Gasteiger charge is -2.69. The van der Waals surface area contributed by atoms with Crippen molar-refractivity contribution in [3.05, 3.63) is 11.6 Å². The Bertz CT molecular complexity index is 763. The molecule has 3 saturated carbocycles. The lowest BCUT2D eigenvalue weighted by molar-refractivity contribution is -0.494. The highest BCUT2D eigenvalue weighted by atomic mass is 17.2. The quantitative estimate of drug-likeness (QED) is 0.300. The predicted octanol–water partition coefficient (Wildman–Crippen LogP) is 4.54. The molecule has 2 aliphatic heterocycles. The first-order valence-electron chi connectivity index (χ1n) is 11.4. The zero-order valence-corrected chi connectivity index (χ0v) is 18.2. The Labute approximate surface area is 173 Å². The SMILES string of the molecule is CC(=O)O[C@@H]1CC[C@]2(C)C3=CC[C@]4(C)[C@@H]([C@H](C)C=O)CC[C@H]4[C@@]34CC[C@]2(C1)OO4. The number of carbonyl (C=O) groups is 2. The zero-order valence-electron chi connectivity index (χ0n) is 18.2. The van der Waals surface area contributed by atoms with E-state index in [0.717, 1.165) is 51.2 Å². The van der Waals surface area contributed by atoms with Crippen molar-refractivity contribution in [3.8, 4) is 0 Å². The van der Waals surface area contributed by atoms with Gasteiger partial charge >= 0.3 is 5.97 Å². The van der Waals surface area contributed by atoms with Gasteiger partial charge in [0.2, 0.25) is 0 Å². The van der Waals surface area contributed by atoms with Gasteiger partial charge in [-0.05, 0) is 61.9 Å². The number of allylic oxidation sites excluding steroid dienone is 1. The van der Waals surface area contributed by atoms with Gasteiger partial charge in [-0.3, -0.25) is 4.79 Å². The first-order valence-corrected chi connectivity index (χ1v) is 11.4. The third kappa shape index (κ3) is 2.35. The molecule has 6 aliphatic rings. The molecule has 0 N–H and O–H groups in total. The normalized spacial score (nSPS) is 51.3. The summed E-state index contributed by atoms with van der Waals surface area (Å²) < 4.78 is 5.57. The maximum absolute atomic E-state index is 11.6. The van der Waals surface area contributed by atoms with Gasteiger partial charge in [0.25, 0.3) is 0 Å². The minimum Gasteiger partial charge on any atom is -0.462 e. The van der Waals surface area contributed by atoms with E-state index < -0.39 is 5.60 Å². The van der Waals surface area contributed by atoms with Crippen molar-refractivity contribution in [2.75, 3.05) is 0 Å². The highest BCUT2D eigenvalue weighted by molar-refractivity contribution is 5.66. The number of carbonyl (C=O) groups excluding carboxylic acids is 2. The molecule has 0 radical (unpaired) electrons. The van der Waals surface area contributed by atoms with Crippen molar-refractivity contribution in [2.45, 2.75) is 96.4 Å². The predicted molar refractivity (Wildman–Crippen MR) is 107 cm³/mol. The van der Waals surface area contributed by atoms with Gasteiger partial charge in [-0.25, -0.2) is 9.78 Å². The molecule has 5 nitrogen and oxygen atoms in total. The van der Waals surface area contributed by atoms with Gasteiger partial charge in [-0.2, -0.15) is 0 Å². The van der Waals surface area contributed by atoms with Crippen molar-refractivity contribution < 1.29 is 24.1 Å². The Kier molecular flexibility index (Phi) is 4.20. The van der Waals surface area contributed by atoms with Crippen LogP contribution in [0.2, 0.25) is 0 Å². The Morgan fingerprint density at radius 1 is 1.21 bits per heavy atom. The van der Waals surface area contributed by atoms with E-state index in [1.165, 1.54) is 12.5 Å². The Morgan fingerprint density at radius 2 is 2.00 bits per heavy atom. The molecule has 2 heterocycles. The van der Waals surface area contributed by atoms with E-state index >= 15 is 0 Å². The summed E-state index contributed by atoms with van der Waals surface area (Å²) in [6.45, 7) is 8.28. The molecule has 2 bridgehead atoms. The molecule has 6 rings (SSSR count). The van der Waals surface area contributed by atoms with Gasteiger partial charge in [0, 0.05) is 30.6 Å². The fraction of sp³-hybridized carbons (Fsp3) is 0.833. The van der Waals surface area contributed by atoms with Crippen LogP contribution in [0.5, 0.6) is 0 Å². The van der Waals surface area contributed by atoms with Crippen LogP contribution in [0.3, 0.4) is 0 Å². The van der Waals surface area contributed by atoms with Crippen LogP contribution in [-0.4, -0.2) is 29.6 Å². The first kappa shape index (κ1) is 19.7. The average Bonchev–Trinajstić information content (AvgIpc) is 3.05. The molecule has 2 saturated heterocycles. The van der Waals surface area contributed by atoms with E-state index in [9.17, 15) is 9.59 Å². The third-order valence-corrected chi connectivity index (χ3v) is 9.73. The summed E-state index contributed by atoms with van der Waals surface area (Å²) in [5.74, 6) is 0.662. The highest BCUT2D eigenvalue weighted by Crippen LogP contribution is 2.73.